The number of fused-ring (bicyclic) bond motifs is 1. The number of anilines is 1. The van der Waals surface area contributed by atoms with E-state index < -0.39 is 0 Å². The van der Waals surface area contributed by atoms with E-state index in [0.717, 1.165) is 16.9 Å². The van der Waals surface area contributed by atoms with E-state index in [1.807, 2.05) is 35.1 Å². The van der Waals surface area contributed by atoms with Crippen molar-refractivity contribution in [3.05, 3.63) is 58.9 Å². The number of carbonyl (C=O) groups excluding carboxylic acids is 2. The molecule has 0 radical (unpaired) electrons. The largest absolute Gasteiger partial charge is 0.345 e. The Kier molecular flexibility index (Phi) is 6.26. The molecule has 0 aliphatic heterocycles. The molecule has 0 atom stereocenters. The van der Waals surface area contributed by atoms with Crippen molar-refractivity contribution in [2.24, 2.45) is 0 Å². The van der Waals surface area contributed by atoms with Crippen LogP contribution in [0.15, 0.2) is 42.5 Å². The molecule has 1 heterocycles. The highest BCUT2D eigenvalue weighted by molar-refractivity contribution is 7.97. The SMILES string of the molecule is CSCc1nc2ccccc2n1CC(=O)Nc1cc(C(=O)N(C)C)ccc1Cl. The van der Waals surface area contributed by atoms with Gasteiger partial charge in [0.05, 0.1) is 27.5 Å². The molecule has 0 aliphatic carbocycles. The van der Waals surface area contributed by atoms with Gasteiger partial charge in [-0.25, -0.2) is 4.98 Å². The van der Waals surface area contributed by atoms with E-state index in [9.17, 15) is 9.59 Å². The molecular weight excluding hydrogens is 396 g/mol. The van der Waals surface area contributed by atoms with E-state index >= 15 is 0 Å². The summed E-state index contributed by atoms with van der Waals surface area (Å²) >= 11 is 7.87. The number of hydrogen-bond donors (Lipinski definition) is 1. The number of nitrogens with one attached hydrogen (secondary N) is 1. The number of rotatable bonds is 6. The first-order valence-electron chi connectivity index (χ1n) is 8.65. The topological polar surface area (TPSA) is 67.2 Å². The summed E-state index contributed by atoms with van der Waals surface area (Å²) in [5.41, 5.74) is 2.64. The lowest BCUT2D eigenvalue weighted by atomic mass is 10.2. The average molecular weight is 417 g/mol. The predicted molar refractivity (Wildman–Crippen MR) is 115 cm³/mol. The van der Waals surface area contributed by atoms with Crippen LogP contribution in [0, 0.1) is 0 Å². The van der Waals surface area contributed by atoms with Gasteiger partial charge in [0.15, 0.2) is 0 Å². The summed E-state index contributed by atoms with van der Waals surface area (Å²) < 4.78 is 1.91. The quantitative estimate of drug-likeness (QED) is 0.661. The molecule has 146 valence electrons. The van der Waals surface area contributed by atoms with Crippen molar-refractivity contribution in [1.29, 1.82) is 0 Å². The molecule has 28 heavy (non-hydrogen) atoms. The summed E-state index contributed by atoms with van der Waals surface area (Å²) in [6.07, 6.45) is 2.00. The van der Waals surface area contributed by atoms with Crippen molar-refractivity contribution in [1.82, 2.24) is 14.5 Å². The fraction of sp³-hybridized carbons (Fsp3) is 0.250. The van der Waals surface area contributed by atoms with Gasteiger partial charge in [-0.15, -0.1) is 0 Å². The average Bonchev–Trinajstić information content (AvgIpc) is 3.00. The zero-order chi connectivity index (χ0) is 20.3. The van der Waals surface area contributed by atoms with E-state index in [1.165, 1.54) is 4.90 Å². The van der Waals surface area contributed by atoms with Gasteiger partial charge in [0.1, 0.15) is 12.4 Å². The van der Waals surface area contributed by atoms with Gasteiger partial charge >= 0.3 is 0 Å². The second-order valence-corrected chi connectivity index (χ2v) is 7.75. The van der Waals surface area contributed by atoms with E-state index in [2.05, 4.69) is 10.3 Å². The number of para-hydroxylation sites is 2. The van der Waals surface area contributed by atoms with Crippen LogP contribution >= 0.6 is 23.4 Å². The molecule has 1 N–H and O–H groups in total. The lowest BCUT2D eigenvalue weighted by Gasteiger charge is -2.14. The lowest BCUT2D eigenvalue weighted by molar-refractivity contribution is -0.116. The van der Waals surface area contributed by atoms with Gasteiger partial charge in [0.25, 0.3) is 5.91 Å². The fourth-order valence-electron chi connectivity index (χ4n) is 2.89. The Morgan fingerprint density at radius 1 is 1.21 bits per heavy atom. The maximum Gasteiger partial charge on any atom is 0.253 e. The first-order valence-corrected chi connectivity index (χ1v) is 10.4. The summed E-state index contributed by atoms with van der Waals surface area (Å²) in [6, 6.07) is 12.6. The number of benzene rings is 2. The predicted octanol–water partition coefficient (Wildman–Crippen LogP) is 3.89. The number of halogens is 1. The molecule has 0 fully saturated rings. The number of imidazole rings is 1. The number of carbonyl (C=O) groups is 2. The Hall–Kier alpha value is -2.51. The van der Waals surface area contributed by atoms with Crippen molar-refractivity contribution >= 4 is 51.9 Å². The zero-order valence-corrected chi connectivity index (χ0v) is 17.5. The molecule has 3 rings (SSSR count). The first-order chi connectivity index (χ1) is 13.4. The molecule has 0 saturated heterocycles. The van der Waals surface area contributed by atoms with Crippen LogP contribution < -0.4 is 5.32 Å². The molecule has 0 unspecified atom stereocenters. The molecule has 2 aromatic carbocycles. The molecular formula is C20H21ClN4O2S. The minimum absolute atomic E-state index is 0.110. The monoisotopic (exact) mass is 416 g/mol. The van der Waals surface area contributed by atoms with Gasteiger partial charge in [-0.1, -0.05) is 23.7 Å². The van der Waals surface area contributed by atoms with Crippen LogP contribution in [0.4, 0.5) is 5.69 Å². The zero-order valence-electron chi connectivity index (χ0n) is 15.9. The maximum atomic E-state index is 12.7. The van der Waals surface area contributed by atoms with Crippen LogP contribution in [0.1, 0.15) is 16.2 Å². The van der Waals surface area contributed by atoms with E-state index in [4.69, 9.17) is 11.6 Å². The molecule has 8 heteroatoms. The minimum atomic E-state index is -0.234. The molecule has 0 aliphatic rings. The lowest BCUT2D eigenvalue weighted by Crippen LogP contribution is -2.23. The summed E-state index contributed by atoms with van der Waals surface area (Å²) in [7, 11) is 3.35. The summed E-state index contributed by atoms with van der Waals surface area (Å²) in [5.74, 6) is 1.15. The third kappa shape index (κ3) is 4.31. The summed E-state index contributed by atoms with van der Waals surface area (Å²) in [4.78, 5) is 31.0. The van der Waals surface area contributed by atoms with E-state index in [-0.39, 0.29) is 18.4 Å². The third-order valence-corrected chi connectivity index (χ3v) is 5.08. The number of hydrogen-bond acceptors (Lipinski definition) is 4. The van der Waals surface area contributed by atoms with Crippen LogP contribution in [0.25, 0.3) is 11.0 Å². The standard InChI is InChI=1S/C20H21ClN4O2S/c1-24(2)20(27)13-8-9-14(21)16(10-13)23-19(26)11-25-17-7-5-4-6-15(17)22-18(25)12-28-3/h4-10H,11-12H2,1-3H3,(H,23,26). The maximum absolute atomic E-state index is 12.7. The van der Waals surface area contributed by atoms with Crippen LogP contribution in [0.2, 0.25) is 5.02 Å². The normalized spacial score (nSPS) is 10.9. The Labute approximate surface area is 172 Å². The Morgan fingerprint density at radius 2 is 1.96 bits per heavy atom. The number of thioether (sulfide) groups is 1. The Balaban J connectivity index is 1.85. The Morgan fingerprint density at radius 3 is 2.68 bits per heavy atom. The second-order valence-electron chi connectivity index (χ2n) is 6.48. The first kappa shape index (κ1) is 20.2. The van der Waals surface area contributed by atoms with Crippen LogP contribution in [-0.2, 0) is 17.1 Å². The Bertz CT molecular complexity index is 1030. The van der Waals surface area contributed by atoms with Crippen molar-refractivity contribution in [3.63, 3.8) is 0 Å². The summed E-state index contributed by atoms with van der Waals surface area (Å²) in [6.45, 7) is 0.110. The smallest absolute Gasteiger partial charge is 0.253 e. The van der Waals surface area contributed by atoms with Crippen molar-refractivity contribution in [2.75, 3.05) is 25.7 Å². The third-order valence-electron chi connectivity index (χ3n) is 4.20. The highest BCUT2D eigenvalue weighted by Gasteiger charge is 2.16. The van der Waals surface area contributed by atoms with Crippen molar-refractivity contribution < 1.29 is 9.59 Å². The van der Waals surface area contributed by atoms with Crippen molar-refractivity contribution in [3.8, 4) is 0 Å². The highest BCUT2D eigenvalue weighted by atomic mass is 35.5. The minimum Gasteiger partial charge on any atom is -0.345 e. The molecule has 1 aromatic heterocycles. The molecule has 0 bridgehead atoms. The molecule has 2 amide bonds. The van der Waals surface area contributed by atoms with Crippen molar-refractivity contribution in [2.45, 2.75) is 12.3 Å². The molecule has 0 spiro atoms. The van der Waals surface area contributed by atoms with Crippen LogP contribution in [-0.4, -0.2) is 46.6 Å². The van der Waals surface area contributed by atoms with Gasteiger partial charge in [-0.2, -0.15) is 11.8 Å². The van der Waals surface area contributed by atoms with Gasteiger partial charge in [0, 0.05) is 19.7 Å². The van der Waals surface area contributed by atoms with Gasteiger partial charge in [-0.05, 0) is 36.6 Å². The summed E-state index contributed by atoms with van der Waals surface area (Å²) in [5, 5.41) is 3.20. The number of aromatic nitrogens is 2. The number of amides is 2. The fourth-order valence-corrected chi connectivity index (χ4v) is 3.53. The van der Waals surface area contributed by atoms with Gasteiger partial charge in [0.2, 0.25) is 5.91 Å². The van der Waals surface area contributed by atoms with Crippen LogP contribution in [0.5, 0.6) is 0 Å². The molecule has 0 saturated carbocycles. The molecule has 6 nitrogen and oxygen atoms in total. The second kappa shape index (κ2) is 8.67. The van der Waals surface area contributed by atoms with Gasteiger partial charge in [-0.3, -0.25) is 9.59 Å². The highest BCUT2D eigenvalue weighted by Crippen LogP contribution is 2.24. The van der Waals surface area contributed by atoms with E-state index in [1.54, 1.807) is 44.1 Å². The number of nitrogens with zero attached hydrogens (tertiary/aromatic N) is 3. The van der Waals surface area contributed by atoms with Crippen LogP contribution in [0.3, 0.4) is 0 Å². The van der Waals surface area contributed by atoms with Gasteiger partial charge < -0.3 is 14.8 Å². The van der Waals surface area contributed by atoms with E-state index in [0.29, 0.717) is 22.0 Å². The molecule has 3 aromatic rings.